The third kappa shape index (κ3) is 3.48. The summed E-state index contributed by atoms with van der Waals surface area (Å²) in [5.41, 5.74) is 2.02. The number of aryl methyl sites for hydroxylation is 1. The molecule has 0 amide bonds. The Balaban J connectivity index is 1.84. The summed E-state index contributed by atoms with van der Waals surface area (Å²) in [5.74, 6) is 2.35. The molecular weight excluding hydrogens is 332 g/mol. The van der Waals surface area contributed by atoms with E-state index in [1.54, 1.807) is 30.3 Å². The minimum atomic E-state index is 0.492. The molecule has 0 aliphatic carbocycles. The molecule has 3 heterocycles. The van der Waals surface area contributed by atoms with Crippen molar-refractivity contribution >= 4 is 23.4 Å². The van der Waals surface area contributed by atoms with Gasteiger partial charge in [-0.2, -0.15) is 0 Å². The number of rotatable bonds is 6. The van der Waals surface area contributed by atoms with Gasteiger partial charge in [0.15, 0.2) is 11.0 Å². The Bertz CT molecular complexity index is 810. The van der Waals surface area contributed by atoms with Crippen LogP contribution in [0.25, 0.3) is 11.4 Å². The summed E-state index contributed by atoms with van der Waals surface area (Å²) in [4.78, 5) is 4.09. The van der Waals surface area contributed by atoms with Crippen LogP contribution in [0.15, 0.2) is 52.9 Å². The fraction of sp³-hybridized carbons (Fsp3) is 0.188. The van der Waals surface area contributed by atoms with Gasteiger partial charge in [-0.15, -0.1) is 16.8 Å². The van der Waals surface area contributed by atoms with Gasteiger partial charge in [-0.05, 0) is 24.6 Å². The van der Waals surface area contributed by atoms with Crippen molar-refractivity contribution in [2.75, 3.05) is 0 Å². The van der Waals surface area contributed by atoms with E-state index in [-0.39, 0.29) is 0 Å². The zero-order valence-electron chi connectivity index (χ0n) is 12.6. The number of thioether (sulfide) groups is 1. The lowest BCUT2D eigenvalue weighted by atomic mass is 10.2. The number of halogens is 1. The van der Waals surface area contributed by atoms with Crippen LogP contribution in [0.4, 0.5) is 0 Å². The Morgan fingerprint density at radius 3 is 2.87 bits per heavy atom. The van der Waals surface area contributed by atoms with E-state index in [9.17, 15) is 0 Å². The van der Waals surface area contributed by atoms with E-state index in [0.29, 0.717) is 11.7 Å². The third-order valence-corrected chi connectivity index (χ3v) is 4.55. The van der Waals surface area contributed by atoms with E-state index >= 15 is 0 Å². The Morgan fingerprint density at radius 2 is 2.22 bits per heavy atom. The molecule has 3 aromatic rings. The van der Waals surface area contributed by atoms with Crippen molar-refractivity contribution in [1.82, 2.24) is 19.7 Å². The van der Waals surface area contributed by atoms with E-state index in [0.717, 1.165) is 33.6 Å². The van der Waals surface area contributed by atoms with Crippen LogP contribution >= 0.6 is 23.4 Å². The highest BCUT2D eigenvalue weighted by Gasteiger charge is 2.16. The molecule has 118 valence electrons. The lowest BCUT2D eigenvalue weighted by Crippen LogP contribution is -2.00. The van der Waals surface area contributed by atoms with Gasteiger partial charge in [0.05, 0.1) is 11.8 Å². The highest BCUT2D eigenvalue weighted by atomic mass is 35.5. The van der Waals surface area contributed by atoms with Gasteiger partial charge in [0, 0.05) is 18.5 Å². The first-order chi connectivity index (χ1) is 11.2. The number of nitrogens with zero attached hydrogens (tertiary/aromatic N) is 4. The zero-order valence-corrected chi connectivity index (χ0v) is 14.1. The van der Waals surface area contributed by atoms with Crippen LogP contribution in [-0.2, 0) is 12.3 Å². The average molecular weight is 347 g/mol. The van der Waals surface area contributed by atoms with Crippen molar-refractivity contribution in [3.05, 3.63) is 59.8 Å². The number of furan rings is 1. The van der Waals surface area contributed by atoms with Crippen LogP contribution < -0.4 is 0 Å². The van der Waals surface area contributed by atoms with Crippen molar-refractivity contribution in [1.29, 1.82) is 0 Å². The quantitative estimate of drug-likeness (QED) is 0.377. The van der Waals surface area contributed by atoms with Gasteiger partial charge in [0.2, 0.25) is 0 Å². The average Bonchev–Trinajstić information content (AvgIpc) is 3.13. The van der Waals surface area contributed by atoms with E-state index in [1.165, 1.54) is 0 Å². The Hall–Kier alpha value is -2.05. The molecule has 0 N–H and O–H groups in total. The van der Waals surface area contributed by atoms with Crippen molar-refractivity contribution in [3.63, 3.8) is 0 Å². The predicted octanol–water partition coefficient (Wildman–Crippen LogP) is 4.37. The summed E-state index contributed by atoms with van der Waals surface area (Å²) in [7, 11) is 0. The van der Waals surface area contributed by atoms with Gasteiger partial charge in [-0.3, -0.25) is 4.57 Å². The van der Waals surface area contributed by atoms with Crippen LogP contribution in [0, 0.1) is 6.92 Å². The highest BCUT2D eigenvalue weighted by molar-refractivity contribution is 7.98. The summed E-state index contributed by atoms with van der Waals surface area (Å²) in [5, 5.41) is 9.94. The first-order valence-electron chi connectivity index (χ1n) is 7.01. The summed E-state index contributed by atoms with van der Waals surface area (Å²) < 4.78 is 7.39. The van der Waals surface area contributed by atoms with Gasteiger partial charge >= 0.3 is 0 Å². The molecule has 0 aliphatic heterocycles. The molecule has 3 rings (SSSR count). The fourth-order valence-electron chi connectivity index (χ4n) is 2.15. The summed E-state index contributed by atoms with van der Waals surface area (Å²) >= 11 is 7.40. The lowest BCUT2D eigenvalue weighted by molar-refractivity contribution is 0.534. The van der Waals surface area contributed by atoms with E-state index in [2.05, 4.69) is 21.8 Å². The van der Waals surface area contributed by atoms with E-state index in [4.69, 9.17) is 16.0 Å². The SMILES string of the molecule is C=CCn1c(SCc2ccc(Cl)nc2)nnc1-c1ccoc1C. The monoisotopic (exact) mass is 346 g/mol. The molecule has 0 aromatic carbocycles. The second-order valence-electron chi connectivity index (χ2n) is 4.87. The molecule has 23 heavy (non-hydrogen) atoms. The van der Waals surface area contributed by atoms with Crippen molar-refractivity contribution in [2.24, 2.45) is 0 Å². The predicted molar refractivity (Wildman–Crippen MR) is 91.5 cm³/mol. The maximum absolute atomic E-state index is 5.81. The second-order valence-corrected chi connectivity index (χ2v) is 6.20. The number of hydrogen-bond acceptors (Lipinski definition) is 5. The molecule has 0 saturated carbocycles. The minimum absolute atomic E-state index is 0.492. The summed E-state index contributed by atoms with van der Waals surface area (Å²) in [6, 6.07) is 5.64. The summed E-state index contributed by atoms with van der Waals surface area (Å²) in [6.45, 7) is 6.36. The molecule has 5 nitrogen and oxygen atoms in total. The molecule has 0 saturated heterocycles. The topological polar surface area (TPSA) is 56.7 Å². The molecule has 7 heteroatoms. The van der Waals surface area contributed by atoms with Crippen molar-refractivity contribution in [3.8, 4) is 11.4 Å². The molecule has 0 atom stereocenters. The van der Waals surface area contributed by atoms with Gasteiger partial charge in [-0.1, -0.05) is 35.5 Å². The molecule has 3 aromatic heterocycles. The van der Waals surface area contributed by atoms with E-state index < -0.39 is 0 Å². The molecule has 0 bridgehead atoms. The number of hydrogen-bond donors (Lipinski definition) is 0. The van der Waals surface area contributed by atoms with Gasteiger partial charge in [-0.25, -0.2) is 4.98 Å². The van der Waals surface area contributed by atoms with Gasteiger partial charge in [0.25, 0.3) is 0 Å². The van der Waals surface area contributed by atoms with E-state index in [1.807, 2.05) is 29.7 Å². The van der Waals surface area contributed by atoms with Crippen LogP contribution in [0.3, 0.4) is 0 Å². The van der Waals surface area contributed by atoms with Crippen molar-refractivity contribution in [2.45, 2.75) is 24.4 Å². The third-order valence-electron chi connectivity index (χ3n) is 3.28. The van der Waals surface area contributed by atoms with Crippen LogP contribution in [0.2, 0.25) is 5.15 Å². The first kappa shape index (κ1) is 15.8. The van der Waals surface area contributed by atoms with Gasteiger partial charge < -0.3 is 4.42 Å². The molecule has 0 unspecified atom stereocenters. The van der Waals surface area contributed by atoms with Crippen LogP contribution in [-0.4, -0.2) is 19.7 Å². The highest BCUT2D eigenvalue weighted by Crippen LogP contribution is 2.28. The number of pyridine rings is 1. The molecule has 0 spiro atoms. The molecule has 0 fully saturated rings. The summed E-state index contributed by atoms with van der Waals surface area (Å²) in [6.07, 6.45) is 5.25. The Morgan fingerprint density at radius 1 is 1.35 bits per heavy atom. The second kappa shape index (κ2) is 7.02. The normalized spacial score (nSPS) is 10.9. The molecule has 0 aliphatic rings. The smallest absolute Gasteiger partial charge is 0.192 e. The Labute approximate surface area is 143 Å². The maximum Gasteiger partial charge on any atom is 0.192 e. The zero-order chi connectivity index (χ0) is 16.2. The van der Waals surface area contributed by atoms with Gasteiger partial charge in [0.1, 0.15) is 10.9 Å². The first-order valence-corrected chi connectivity index (χ1v) is 8.37. The number of aromatic nitrogens is 4. The number of allylic oxidation sites excluding steroid dienone is 1. The van der Waals surface area contributed by atoms with Crippen LogP contribution in [0.5, 0.6) is 0 Å². The van der Waals surface area contributed by atoms with Crippen molar-refractivity contribution < 1.29 is 4.42 Å². The largest absolute Gasteiger partial charge is 0.469 e. The fourth-order valence-corrected chi connectivity index (χ4v) is 3.14. The van der Waals surface area contributed by atoms with Crippen LogP contribution in [0.1, 0.15) is 11.3 Å². The molecule has 0 radical (unpaired) electrons. The standard InChI is InChI=1S/C16H15ClN4OS/c1-3-7-21-15(13-6-8-22-11(13)2)19-20-16(21)23-10-12-4-5-14(17)18-9-12/h3-6,8-9H,1,7,10H2,2H3. The molecular formula is C16H15ClN4OS. The maximum atomic E-state index is 5.81. The minimum Gasteiger partial charge on any atom is -0.469 e. The lowest BCUT2D eigenvalue weighted by Gasteiger charge is -2.07. The Kier molecular flexibility index (Phi) is 4.83.